The number of aromatic nitrogens is 8. The van der Waals surface area contributed by atoms with Crippen molar-refractivity contribution >= 4 is 44.1 Å². The fourth-order valence-corrected chi connectivity index (χ4v) is 5.59. The van der Waals surface area contributed by atoms with E-state index in [1.54, 1.807) is 0 Å². The van der Waals surface area contributed by atoms with Gasteiger partial charge in [0.1, 0.15) is 22.6 Å². The number of H-pyrrole nitrogens is 2. The van der Waals surface area contributed by atoms with E-state index < -0.39 is 0 Å². The molecule has 0 aliphatic carbocycles. The van der Waals surface area contributed by atoms with Gasteiger partial charge in [-0.05, 0) is 0 Å². The molecule has 7 aromatic rings. The third-order valence-corrected chi connectivity index (χ3v) is 7.46. The van der Waals surface area contributed by atoms with Gasteiger partial charge in [0.25, 0.3) is 0 Å². The summed E-state index contributed by atoms with van der Waals surface area (Å²) in [4.78, 5) is 36.8. The summed E-state index contributed by atoms with van der Waals surface area (Å²) >= 11 is 0. The molecule has 4 aromatic carbocycles. The second-order valence-corrected chi connectivity index (χ2v) is 9.79. The van der Waals surface area contributed by atoms with E-state index in [0.717, 1.165) is 43.8 Å². The number of nitrogens with one attached hydrogen (secondary N) is 2. The molecule has 0 atom stereocenters. The quantitative estimate of drug-likeness (QED) is 0.190. The van der Waals surface area contributed by atoms with E-state index in [1.165, 1.54) is 0 Å². The third-order valence-electron chi connectivity index (χ3n) is 7.46. The van der Waals surface area contributed by atoms with E-state index in [2.05, 4.69) is 9.97 Å². The molecular formula is C32H18Cl3CoN8. The minimum Gasteiger partial charge on any atom is -1.00 e. The van der Waals surface area contributed by atoms with E-state index in [4.69, 9.17) is 29.9 Å². The van der Waals surface area contributed by atoms with E-state index in [9.17, 15) is 0 Å². The van der Waals surface area contributed by atoms with Crippen LogP contribution < -0.4 is 37.2 Å². The van der Waals surface area contributed by atoms with Crippen LogP contribution in [0.2, 0.25) is 0 Å². The van der Waals surface area contributed by atoms with Crippen LogP contribution in [0.25, 0.3) is 89.7 Å². The van der Waals surface area contributed by atoms with Crippen molar-refractivity contribution in [2.45, 2.75) is 0 Å². The Morgan fingerprint density at radius 2 is 0.545 bits per heavy atom. The van der Waals surface area contributed by atoms with Crippen molar-refractivity contribution in [2.75, 3.05) is 0 Å². The van der Waals surface area contributed by atoms with Gasteiger partial charge in [-0.3, -0.25) is 0 Å². The van der Waals surface area contributed by atoms with Crippen LogP contribution in [-0.4, -0.2) is 39.9 Å². The molecule has 9 rings (SSSR count). The number of benzene rings is 4. The van der Waals surface area contributed by atoms with Crippen LogP contribution in [0.3, 0.4) is 0 Å². The second kappa shape index (κ2) is 12.0. The average molecular weight is 680 g/mol. The van der Waals surface area contributed by atoms with Crippen molar-refractivity contribution < 1.29 is 54.0 Å². The first kappa shape index (κ1) is 31.1. The topological polar surface area (TPSA) is 109 Å². The van der Waals surface area contributed by atoms with Crippen molar-refractivity contribution in [3.8, 4) is 45.6 Å². The summed E-state index contributed by atoms with van der Waals surface area (Å²) in [6, 6.07) is 32.2. The molecule has 2 aliphatic rings. The van der Waals surface area contributed by atoms with Crippen LogP contribution in [0.1, 0.15) is 0 Å². The summed E-state index contributed by atoms with van der Waals surface area (Å²) in [5, 5.41) is 3.82. The van der Waals surface area contributed by atoms with Gasteiger partial charge in [0, 0.05) is 43.8 Å². The van der Waals surface area contributed by atoms with Crippen molar-refractivity contribution in [3.05, 3.63) is 97.1 Å². The molecule has 216 valence electrons. The maximum absolute atomic E-state index is 5.02. The van der Waals surface area contributed by atoms with Gasteiger partial charge < -0.3 is 47.2 Å². The van der Waals surface area contributed by atoms with E-state index in [0.29, 0.717) is 45.9 Å². The molecule has 0 saturated heterocycles. The fourth-order valence-electron chi connectivity index (χ4n) is 5.59. The Bertz CT molecular complexity index is 2050. The Morgan fingerprint density at radius 1 is 0.318 bits per heavy atom. The molecule has 0 radical (unpaired) electrons. The molecule has 3 aromatic heterocycles. The number of hydrogen-bond donors (Lipinski definition) is 2. The minimum atomic E-state index is 0. The zero-order valence-corrected chi connectivity index (χ0v) is 25.7. The summed E-state index contributed by atoms with van der Waals surface area (Å²) < 4.78 is 0. The van der Waals surface area contributed by atoms with E-state index >= 15 is 0 Å². The van der Waals surface area contributed by atoms with Gasteiger partial charge in [0.05, 0.1) is 0 Å². The zero-order chi connectivity index (χ0) is 26.2. The first-order valence-corrected chi connectivity index (χ1v) is 13.0. The molecule has 0 amide bonds. The number of aromatic amines is 2. The Kier molecular flexibility index (Phi) is 8.44. The normalized spacial score (nSPS) is 10.9. The summed E-state index contributed by atoms with van der Waals surface area (Å²) in [6.45, 7) is 0. The SMILES string of the molecule is [Cl-].[Cl-].[Cl-].[Co+3].c1ccc2c(c1)-c1nc-2nc2[nH]c(nc3nc(nc4[nH]c(n1)c1ccccc41)-c1ccccc1-3)c1ccccc21. The Hall–Kier alpha value is -4.38. The first-order valence-electron chi connectivity index (χ1n) is 13.0. The predicted octanol–water partition coefficient (Wildman–Crippen LogP) is -2.12. The monoisotopic (exact) mass is 678 g/mol. The Balaban J connectivity index is 0.000000960. The van der Waals surface area contributed by atoms with Crippen molar-refractivity contribution in [2.24, 2.45) is 0 Å². The van der Waals surface area contributed by atoms with E-state index in [-0.39, 0.29) is 54.0 Å². The average Bonchev–Trinajstić information content (AvgIpc) is 3.73. The minimum absolute atomic E-state index is 0. The van der Waals surface area contributed by atoms with Gasteiger partial charge in [-0.2, -0.15) is 0 Å². The molecule has 5 heterocycles. The predicted molar refractivity (Wildman–Crippen MR) is 156 cm³/mol. The van der Waals surface area contributed by atoms with Crippen LogP contribution in [-0.2, 0) is 16.8 Å². The summed E-state index contributed by atoms with van der Waals surface area (Å²) in [5.74, 6) is 2.39. The molecular weight excluding hydrogens is 662 g/mol. The molecule has 2 N–H and O–H groups in total. The molecule has 2 aliphatic heterocycles. The maximum atomic E-state index is 5.02. The third kappa shape index (κ3) is 4.70. The number of rotatable bonds is 0. The largest absolute Gasteiger partial charge is 3.00 e. The molecule has 12 heteroatoms. The van der Waals surface area contributed by atoms with Crippen molar-refractivity contribution in [3.63, 3.8) is 0 Å². The van der Waals surface area contributed by atoms with Crippen LogP contribution in [0, 0.1) is 0 Å². The fraction of sp³-hybridized carbons (Fsp3) is 0. The second-order valence-electron chi connectivity index (χ2n) is 9.79. The van der Waals surface area contributed by atoms with Crippen LogP contribution in [0.4, 0.5) is 0 Å². The maximum Gasteiger partial charge on any atom is 3.00 e. The summed E-state index contributed by atoms with van der Waals surface area (Å²) in [7, 11) is 0. The van der Waals surface area contributed by atoms with Gasteiger partial charge in [-0.1, -0.05) is 97.1 Å². The van der Waals surface area contributed by atoms with E-state index in [1.807, 2.05) is 97.1 Å². The molecule has 0 spiro atoms. The van der Waals surface area contributed by atoms with Gasteiger partial charge in [0.2, 0.25) is 0 Å². The zero-order valence-electron chi connectivity index (χ0n) is 22.4. The standard InChI is InChI=1S/C32H18N8.3ClH.Co/c1-2-10-18-17(9-1)25-33-26(18)38-28-21-13-5-6-14-22(21)30(35-28)40-32-24-16-8-7-15-23(24)31(36-32)39-29-20-12-4-3-11-19(20)27(34-29)37-25;;;;/h1-16H,(H2,33,34,35,36,37,38,39,40);3*1H;/q;;;;+3/p-3. The van der Waals surface area contributed by atoms with Crippen molar-refractivity contribution in [1.82, 2.24) is 39.9 Å². The number of nitrogens with zero attached hydrogens (tertiary/aromatic N) is 6. The smallest absolute Gasteiger partial charge is 1.00 e. The first-order chi connectivity index (χ1) is 19.8. The summed E-state index contributed by atoms with van der Waals surface area (Å²) in [6.07, 6.45) is 0. The molecule has 0 unspecified atom stereocenters. The van der Waals surface area contributed by atoms with Crippen molar-refractivity contribution in [1.29, 1.82) is 0 Å². The summed E-state index contributed by atoms with van der Waals surface area (Å²) in [5.41, 5.74) is 6.45. The van der Waals surface area contributed by atoms with Gasteiger partial charge >= 0.3 is 16.8 Å². The van der Waals surface area contributed by atoms with Gasteiger partial charge in [-0.25, -0.2) is 29.9 Å². The van der Waals surface area contributed by atoms with Crippen LogP contribution >= 0.6 is 0 Å². The number of halogens is 3. The molecule has 8 bridgehead atoms. The Morgan fingerprint density at radius 3 is 0.795 bits per heavy atom. The molecule has 8 nitrogen and oxygen atoms in total. The Labute approximate surface area is 279 Å². The van der Waals surface area contributed by atoms with Crippen LogP contribution in [0.15, 0.2) is 97.1 Å². The van der Waals surface area contributed by atoms with Gasteiger partial charge in [-0.15, -0.1) is 0 Å². The van der Waals surface area contributed by atoms with Gasteiger partial charge in [0.15, 0.2) is 23.3 Å². The number of hydrogen-bond acceptors (Lipinski definition) is 6. The number of fused-ring (bicyclic) bond motifs is 20. The molecule has 0 fully saturated rings. The van der Waals surface area contributed by atoms with Crippen LogP contribution in [0.5, 0.6) is 0 Å². The molecule has 0 saturated carbocycles. The molecule has 44 heavy (non-hydrogen) atoms.